The van der Waals surface area contributed by atoms with Crippen molar-refractivity contribution < 1.29 is 24.2 Å². The number of ketones is 1. The second kappa shape index (κ2) is 7.06. The first-order valence-corrected chi connectivity index (χ1v) is 10.5. The maximum Gasteiger partial charge on any atom is 0.306 e. The van der Waals surface area contributed by atoms with E-state index in [9.17, 15) is 14.4 Å². The third-order valence-electron chi connectivity index (χ3n) is 8.03. The van der Waals surface area contributed by atoms with Crippen LogP contribution in [0.4, 0.5) is 0 Å². The molecule has 0 aliphatic heterocycles. The summed E-state index contributed by atoms with van der Waals surface area (Å²) in [7, 11) is 0. The molecule has 0 heterocycles. The van der Waals surface area contributed by atoms with Gasteiger partial charge in [0.2, 0.25) is 0 Å². The van der Waals surface area contributed by atoms with Crippen LogP contribution in [-0.4, -0.2) is 28.9 Å². The summed E-state index contributed by atoms with van der Waals surface area (Å²) in [5.74, 6) is 1.48. The molecular weight excluding hydrogens is 344 g/mol. The molecule has 148 valence electrons. The van der Waals surface area contributed by atoms with Gasteiger partial charge in [0.15, 0.2) is 5.78 Å². The van der Waals surface area contributed by atoms with Crippen molar-refractivity contribution in [2.75, 3.05) is 0 Å². The van der Waals surface area contributed by atoms with Crippen LogP contribution in [0.3, 0.4) is 0 Å². The standard InChI is InChI=1S/C22H30O5/c1-22-11-10-16-15-5-3-14(23)12-13(15)2-4-17(16)18(22)6-7-19(22)27-21(26)9-8-20(24)25/h12,15-19H,2-11H2,1H3,(H,24,25)/t15-,16+,17+,18-,19-,22-/m0/s1. The Hall–Kier alpha value is -1.65. The molecule has 3 saturated carbocycles. The second-order valence-corrected chi connectivity index (χ2v) is 9.30. The zero-order valence-electron chi connectivity index (χ0n) is 16.1. The lowest BCUT2D eigenvalue weighted by Crippen LogP contribution is -2.48. The normalized spacial score (nSPS) is 40.4. The average Bonchev–Trinajstić information content (AvgIpc) is 2.96. The summed E-state index contributed by atoms with van der Waals surface area (Å²) in [6.07, 6.45) is 9.78. The van der Waals surface area contributed by atoms with Crippen molar-refractivity contribution in [3.63, 3.8) is 0 Å². The Bertz CT molecular complexity index is 680. The molecule has 0 saturated heterocycles. The number of carbonyl (C=O) groups is 3. The van der Waals surface area contributed by atoms with Crippen molar-refractivity contribution in [3.05, 3.63) is 11.6 Å². The van der Waals surface area contributed by atoms with Crippen LogP contribution in [0.1, 0.15) is 71.1 Å². The van der Waals surface area contributed by atoms with Gasteiger partial charge in [-0.1, -0.05) is 12.5 Å². The van der Waals surface area contributed by atoms with Gasteiger partial charge in [-0.05, 0) is 74.7 Å². The fraction of sp³-hybridized carbons (Fsp3) is 0.773. The molecule has 6 atom stereocenters. The largest absolute Gasteiger partial charge is 0.481 e. The molecule has 0 aromatic heterocycles. The van der Waals surface area contributed by atoms with Crippen LogP contribution in [0.15, 0.2) is 11.6 Å². The molecule has 0 aromatic carbocycles. The van der Waals surface area contributed by atoms with Crippen LogP contribution in [-0.2, 0) is 19.1 Å². The highest BCUT2D eigenvalue weighted by Crippen LogP contribution is 2.62. The van der Waals surface area contributed by atoms with E-state index in [1.165, 1.54) is 5.57 Å². The highest BCUT2D eigenvalue weighted by atomic mass is 16.5. The summed E-state index contributed by atoms with van der Waals surface area (Å²) in [5, 5.41) is 8.77. The van der Waals surface area contributed by atoms with Crippen molar-refractivity contribution in [2.24, 2.45) is 29.1 Å². The van der Waals surface area contributed by atoms with Gasteiger partial charge in [-0.25, -0.2) is 0 Å². The van der Waals surface area contributed by atoms with Crippen molar-refractivity contribution in [3.8, 4) is 0 Å². The molecule has 5 nitrogen and oxygen atoms in total. The number of carbonyl (C=O) groups excluding carboxylic acids is 2. The first-order chi connectivity index (χ1) is 12.9. The van der Waals surface area contributed by atoms with Crippen LogP contribution in [0.25, 0.3) is 0 Å². The van der Waals surface area contributed by atoms with E-state index >= 15 is 0 Å². The fourth-order valence-corrected chi connectivity index (χ4v) is 6.75. The van der Waals surface area contributed by atoms with E-state index in [0.29, 0.717) is 35.9 Å². The van der Waals surface area contributed by atoms with Crippen molar-refractivity contribution in [2.45, 2.75) is 77.2 Å². The lowest BCUT2D eigenvalue weighted by molar-refractivity contribution is -0.160. The first kappa shape index (κ1) is 18.7. The van der Waals surface area contributed by atoms with Crippen molar-refractivity contribution in [1.29, 1.82) is 0 Å². The molecule has 0 spiro atoms. The SMILES string of the molecule is C[C@]12CC[C@H]3[C@@H](CCC4=CC(=O)CC[C@@H]43)[C@@H]1CC[C@@H]2OC(=O)CCC(=O)O. The Morgan fingerprint density at radius 1 is 1.11 bits per heavy atom. The van der Waals surface area contributed by atoms with Gasteiger partial charge in [0, 0.05) is 11.8 Å². The molecule has 0 unspecified atom stereocenters. The van der Waals surface area contributed by atoms with Gasteiger partial charge < -0.3 is 9.84 Å². The fourth-order valence-electron chi connectivity index (χ4n) is 6.75. The summed E-state index contributed by atoms with van der Waals surface area (Å²) in [4.78, 5) is 34.6. The maximum absolute atomic E-state index is 12.1. The van der Waals surface area contributed by atoms with Gasteiger partial charge in [0.25, 0.3) is 0 Å². The highest BCUT2D eigenvalue weighted by molar-refractivity contribution is 5.91. The monoisotopic (exact) mass is 374 g/mol. The van der Waals surface area contributed by atoms with Crippen LogP contribution >= 0.6 is 0 Å². The van der Waals surface area contributed by atoms with Gasteiger partial charge in [-0.2, -0.15) is 0 Å². The minimum Gasteiger partial charge on any atom is -0.481 e. The molecule has 1 N–H and O–H groups in total. The molecule has 5 heteroatoms. The van der Waals surface area contributed by atoms with Crippen molar-refractivity contribution >= 4 is 17.7 Å². The highest BCUT2D eigenvalue weighted by Gasteiger charge is 2.57. The Balaban J connectivity index is 1.45. The Kier molecular flexibility index (Phi) is 4.89. The minimum absolute atomic E-state index is 0.0196. The van der Waals surface area contributed by atoms with E-state index in [4.69, 9.17) is 9.84 Å². The second-order valence-electron chi connectivity index (χ2n) is 9.30. The Morgan fingerprint density at radius 3 is 2.70 bits per heavy atom. The molecule has 4 aliphatic rings. The molecule has 4 rings (SSSR count). The summed E-state index contributed by atoms with van der Waals surface area (Å²) < 4.78 is 5.78. The van der Waals surface area contributed by atoms with Gasteiger partial charge in [-0.3, -0.25) is 14.4 Å². The predicted molar refractivity (Wildman–Crippen MR) is 98.8 cm³/mol. The quantitative estimate of drug-likeness (QED) is 0.755. The number of hydrogen-bond donors (Lipinski definition) is 1. The minimum atomic E-state index is -0.958. The zero-order valence-corrected chi connectivity index (χ0v) is 16.1. The molecule has 0 amide bonds. The summed E-state index contributed by atoms with van der Waals surface area (Å²) in [5.41, 5.74) is 1.41. The number of allylic oxidation sites excluding steroid dienone is 1. The number of rotatable bonds is 4. The van der Waals surface area contributed by atoms with E-state index in [-0.39, 0.29) is 30.3 Å². The maximum atomic E-state index is 12.1. The lowest BCUT2D eigenvalue weighted by atomic mass is 9.52. The van der Waals surface area contributed by atoms with Crippen LogP contribution < -0.4 is 0 Å². The van der Waals surface area contributed by atoms with Crippen molar-refractivity contribution in [1.82, 2.24) is 0 Å². The number of fused-ring (bicyclic) bond motifs is 5. The first-order valence-electron chi connectivity index (χ1n) is 10.5. The molecule has 4 aliphatic carbocycles. The molecule has 27 heavy (non-hydrogen) atoms. The number of carboxylic acid groups (broad SMARTS) is 1. The smallest absolute Gasteiger partial charge is 0.306 e. The van der Waals surface area contributed by atoms with E-state index in [2.05, 4.69) is 6.92 Å². The van der Waals surface area contributed by atoms with Gasteiger partial charge in [0.1, 0.15) is 6.10 Å². The zero-order chi connectivity index (χ0) is 19.2. The Labute approximate surface area is 160 Å². The number of aliphatic carboxylic acids is 1. The third kappa shape index (κ3) is 3.34. The molecule has 0 bridgehead atoms. The van der Waals surface area contributed by atoms with Gasteiger partial charge in [0.05, 0.1) is 12.8 Å². The summed E-state index contributed by atoms with van der Waals surface area (Å²) in [6, 6.07) is 0. The molecule has 3 fully saturated rings. The van der Waals surface area contributed by atoms with Crippen LogP contribution in [0.5, 0.6) is 0 Å². The summed E-state index contributed by atoms with van der Waals surface area (Å²) in [6.45, 7) is 2.28. The van der Waals surface area contributed by atoms with Gasteiger partial charge in [-0.15, -0.1) is 0 Å². The van der Waals surface area contributed by atoms with Crippen LogP contribution in [0, 0.1) is 29.1 Å². The molecule has 0 aromatic rings. The number of esters is 1. The third-order valence-corrected chi connectivity index (χ3v) is 8.03. The van der Waals surface area contributed by atoms with E-state index < -0.39 is 5.97 Å². The van der Waals surface area contributed by atoms with Gasteiger partial charge >= 0.3 is 11.9 Å². The van der Waals surface area contributed by atoms with E-state index in [1.807, 2.05) is 6.08 Å². The van der Waals surface area contributed by atoms with E-state index in [0.717, 1.165) is 44.9 Å². The van der Waals surface area contributed by atoms with E-state index in [1.54, 1.807) is 0 Å². The average molecular weight is 374 g/mol. The predicted octanol–water partition coefficient (Wildman–Crippen LogP) is 3.90. The molecular formula is C22H30O5. The number of carboxylic acids is 1. The number of ether oxygens (including phenoxy) is 1. The summed E-state index contributed by atoms with van der Waals surface area (Å²) >= 11 is 0. The van der Waals surface area contributed by atoms with Crippen LogP contribution in [0.2, 0.25) is 0 Å². The topological polar surface area (TPSA) is 80.7 Å². The lowest BCUT2D eigenvalue weighted by Gasteiger charge is -2.53. The number of hydrogen-bond acceptors (Lipinski definition) is 4. The molecule has 0 radical (unpaired) electrons. The Morgan fingerprint density at radius 2 is 1.93 bits per heavy atom.